The first-order valence-corrected chi connectivity index (χ1v) is 14.8. The summed E-state index contributed by atoms with van der Waals surface area (Å²) in [7, 11) is -4.08. The Morgan fingerprint density at radius 3 is 2.13 bits per heavy atom. The minimum atomic E-state index is -4.08. The van der Waals surface area contributed by atoms with Gasteiger partial charge in [0.1, 0.15) is 12.6 Å². The number of sulfonamides is 1. The van der Waals surface area contributed by atoms with Gasteiger partial charge in [-0.15, -0.1) is 0 Å². The van der Waals surface area contributed by atoms with Crippen molar-refractivity contribution in [1.29, 1.82) is 0 Å². The summed E-state index contributed by atoms with van der Waals surface area (Å²) in [6, 6.07) is 23.4. The molecule has 3 rings (SSSR count). The highest BCUT2D eigenvalue weighted by molar-refractivity contribution is 9.10. The van der Waals surface area contributed by atoms with E-state index in [0.717, 1.165) is 9.87 Å². The molecule has 1 N–H and O–H groups in total. The summed E-state index contributed by atoms with van der Waals surface area (Å²) in [5.74, 6) is -0.483. The summed E-state index contributed by atoms with van der Waals surface area (Å²) in [6.07, 6.45) is 0.380. The molecule has 0 aliphatic rings. The van der Waals surface area contributed by atoms with E-state index in [2.05, 4.69) is 21.2 Å². The van der Waals surface area contributed by atoms with Crippen LogP contribution in [0.1, 0.15) is 32.8 Å². The van der Waals surface area contributed by atoms with E-state index < -0.39 is 28.5 Å². The Morgan fingerprint density at radius 2 is 1.55 bits per heavy atom. The highest BCUT2D eigenvalue weighted by atomic mass is 79.9. The van der Waals surface area contributed by atoms with Gasteiger partial charge in [0, 0.05) is 17.6 Å². The fourth-order valence-corrected chi connectivity index (χ4v) is 5.82. The normalized spacial score (nSPS) is 12.1. The maximum Gasteiger partial charge on any atom is 0.264 e. The van der Waals surface area contributed by atoms with Crippen LogP contribution in [-0.4, -0.2) is 44.3 Å². The number of hydrogen-bond donors (Lipinski definition) is 1. The highest BCUT2D eigenvalue weighted by Crippen LogP contribution is 2.27. The monoisotopic (exact) mass is 599 g/mol. The zero-order valence-corrected chi connectivity index (χ0v) is 24.3. The van der Waals surface area contributed by atoms with Gasteiger partial charge >= 0.3 is 0 Å². The molecule has 0 heterocycles. The number of rotatable bonds is 12. The maximum absolute atomic E-state index is 14.0. The van der Waals surface area contributed by atoms with Crippen molar-refractivity contribution in [2.45, 2.75) is 44.7 Å². The number of amides is 2. The van der Waals surface area contributed by atoms with Crippen molar-refractivity contribution >= 4 is 43.5 Å². The van der Waals surface area contributed by atoms with E-state index in [1.54, 1.807) is 42.5 Å². The predicted molar refractivity (Wildman–Crippen MR) is 154 cm³/mol. The first-order chi connectivity index (χ1) is 18.1. The fourth-order valence-electron chi connectivity index (χ4n) is 4.00. The van der Waals surface area contributed by atoms with Crippen molar-refractivity contribution in [3.63, 3.8) is 0 Å². The Kier molecular flexibility index (Phi) is 10.5. The average Bonchev–Trinajstić information content (AvgIpc) is 2.91. The SMILES string of the molecule is CC[C@H](C(=O)NCC(C)C)N(Cc1ccccc1)C(=O)CN(c1cccc(Br)c1)S(=O)(=O)c1ccccc1. The molecule has 0 saturated carbocycles. The number of halogens is 1. The van der Waals surface area contributed by atoms with Crippen LogP contribution in [0.3, 0.4) is 0 Å². The standard InChI is InChI=1S/C29H34BrN3O4S/c1-4-27(29(35)31-19-22(2)3)32(20-23-12-7-5-8-13-23)28(34)21-33(25-15-11-14-24(30)18-25)38(36,37)26-16-9-6-10-17-26/h5-18,22,27H,4,19-21H2,1-3H3,(H,31,35)/t27-/m1/s1. The zero-order valence-electron chi connectivity index (χ0n) is 21.9. The van der Waals surface area contributed by atoms with Crippen LogP contribution in [0.4, 0.5) is 5.69 Å². The van der Waals surface area contributed by atoms with Crippen molar-refractivity contribution in [3.8, 4) is 0 Å². The van der Waals surface area contributed by atoms with Gasteiger partial charge in [0.15, 0.2) is 0 Å². The van der Waals surface area contributed by atoms with E-state index in [1.807, 2.05) is 51.1 Å². The van der Waals surface area contributed by atoms with E-state index in [9.17, 15) is 18.0 Å². The van der Waals surface area contributed by atoms with E-state index in [1.165, 1.54) is 17.0 Å². The van der Waals surface area contributed by atoms with Crippen LogP contribution in [0, 0.1) is 5.92 Å². The summed E-state index contributed by atoms with van der Waals surface area (Å²) in [5, 5.41) is 2.93. The summed E-state index contributed by atoms with van der Waals surface area (Å²) >= 11 is 3.41. The molecule has 0 fully saturated rings. The lowest BCUT2D eigenvalue weighted by Crippen LogP contribution is -2.52. The molecule has 0 saturated heterocycles. The number of carbonyl (C=O) groups is 2. The Bertz CT molecular complexity index is 1320. The summed E-state index contributed by atoms with van der Waals surface area (Å²) in [4.78, 5) is 28.7. The fraction of sp³-hybridized carbons (Fsp3) is 0.310. The zero-order chi connectivity index (χ0) is 27.7. The molecule has 0 aliphatic heterocycles. The van der Waals surface area contributed by atoms with Gasteiger partial charge in [0.2, 0.25) is 11.8 Å². The molecular formula is C29H34BrN3O4S. The number of nitrogens with zero attached hydrogens (tertiary/aromatic N) is 2. The van der Waals surface area contributed by atoms with Crippen molar-refractivity contribution in [3.05, 3.63) is 95.0 Å². The molecule has 3 aromatic rings. The topological polar surface area (TPSA) is 86.8 Å². The van der Waals surface area contributed by atoms with Crippen molar-refractivity contribution in [2.24, 2.45) is 5.92 Å². The molecular weight excluding hydrogens is 566 g/mol. The second kappa shape index (κ2) is 13.6. The molecule has 0 radical (unpaired) electrons. The largest absolute Gasteiger partial charge is 0.354 e. The smallest absolute Gasteiger partial charge is 0.264 e. The minimum Gasteiger partial charge on any atom is -0.354 e. The molecule has 7 nitrogen and oxygen atoms in total. The van der Waals surface area contributed by atoms with Gasteiger partial charge < -0.3 is 10.2 Å². The molecule has 0 aliphatic carbocycles. The third-order valence-corrected chi connectivity index (χ3v) is 8.25. The van der Waals surface area contributed by atoms with E-state index in [0.29, 0.717) is 23.1 Å². The molecule has 3 aromatic carbocycles. The van der Waals surface area contributed by atoms with Crippen LogP contribution in [-0.2, 0) is 26.2 Å². The number of hydrogen-bond acceptors (Lipinski definition) is 4. The summed E-state index contributed by atoms with van der Waals surface area (Å²) < 4.78 is 29.3. The second-order valence-corrected chi connectivity index (χ2v) is 12.2. The van der Waals surface area contributed by atoms with Gasteiger partial charge in [-0.1, -0.05) is 91.3 Å². The number of anilines is 1. The van der Waals surface area contributed by atoms with Gasteiger partial charge in [0.25, 0.3) is 10.0 Å². The lowest BCUT2D eigenvalue weighted by molar-refractivity contribution is -0.140. The molecule has 0 aromatic heterocycles. The maximum atomic E-state index is 14.0. The first-order valence-electron chi connectivity index (χ1n) is 12.6. The van der Waals surface area contributed by atoms with E-state index in [-0.39, 0.29) is 23.3 Å². The van der Waals surface area contributed by atoms with E-state index >= 15 is 0 Å². The van der Waals surface area contributed by atoms with E-state index in [4.69, 9.17) is 0 Å². The van der Waals surface area contributed by atoms with Crippen LogP contribution < -0.4 is 9.62 Å². The second-order valence-electron chi connectivity index (χ2n) is 9.37. The van der Waals surface area contributed by atoms with Crippen LogP contribution in [0.15, 0.2) is 94.3 Å². The average molecular weight is 601 g/mol. The molecule has 38 heavy (non-hydrogen) atoms. The highest BCUT2D eigenvalue weighted by Gasteiger charge is 2.33. The molecule has 1 atom stereocenters. The number of nitrogens with one attached hydrogen (secondary N) is 1. The Labute approximate surface area is 234 Å². The predicted octanol–water partition coefficient (Wildman–Crippen LogP) is 5.22. The minimum absolute atomic E-state index is 0.0732. The van der Waals surface area contributed by atoms with Crippen LogP contribution in [0.5, 0.6) is 0 Å². The number of benzene rings is 3. The molecule has 0 unspecified atom stereocenters. The lowest BCUT2D eigenvalue weighted by atomic mass is 10.1. The van der Waals surface area contributed by atoms with Crippen LogP contribution in [0.2, 0.25) is 0 Å². The van der Waals surface area contributed by atoms with Crippen molar-refractivity contribution in [1.82, 2.24) is 10.2 Å². The third kappa shape index (κ3) is 7.68. The number of carbonyl (C=O) groups excluding carboxylic acids is 2. The van der Waals surface area contributed by atoms with Crippen molar-refractivity contribution < 1.29 is 18.0 Å². The molecule has 202 valence electrons. The quantitative estimate of drug-likeness (QED) is 0.309. The van der Waals surface area contributed by atoms with Crippen LogP contribution in [0.25, 0.3) is 0 Å². The molecule has 9 heteroatoms. The molecule has 2 amide bonds. The Morgan fingerprint density at radius 1 is 0.921 bits per heavy atom. The Balaban J connectivity index is 2.02. The van der Waals surface area contributed by atoms with Gasteiger partial charge in [-0.25, -0.2) is 8.42 Å². The van der Waals surface area contributed by atoms with Gasteiger partial charge in [0.05, 0.1) is 10.6 Å². The van der Waals surface area contributed by atoms with Gasteiger partial charge in [-0.2, -0.15) is 0 Å². The van der Waals surface area contributed by atoms with Crippen LogP contribution >= 0.6 is 15.9 Å². The first kappa shape index (κ1) is 29.4. The Hall–Kier alpha value is -3.17. The van der Waals surface area contributed by atoms with Gasteiger partial charge in [-0.05, 0) is 48.2 Å². The third-order valence-electron chi connectivity index (χ3n) is 5.97. The lowest BCUT2D eigenvalue weighted by Gasteiger charge is -2.33. The summed E-state index contributed by atoms with van der Waals surface area (Å²) in [6.45, 7) is 6.03. The summed E-state index contributed by atoms with van der Waals surface area (Å²) in [5.41, 5.74) is 1.18. The van der Waals surface area contributed by atoms with Crippen molar-refractivity contribution in [2.75, 3.05) is 17.4 Å². The molecule has 0 spiro atoms. The van der Waals surface area contributed by atoms with Gasteiger partial charge in [-0.3, -0.25) is 13.9 Å². The molecule has 0 bridgehead atoms.